The fourth-order valence-electron chi connectivity index (χ4n) is 2.83. The van der Waals surface area contributed by atoms with Crippen LogP contribution >= 0.6 is 0 Å². The van der Waals surface area contributed by atoms with E-state index in [0.717, 1.165) is 19.3 Å². The molecule has 1 aliphatic rings. The number of nitrogens with one attached hydrogen (secondary N) is 1. The van der Waals surface area contributed by atoms with Crippen LogP contribution in [0.25, 0.3) is 0 Å². The highest BCUT2D eigenvalue weighted by Gasteiger charge is 2.25. The smallest absolute Gasteiger partial charge is 0.223 e. The number of amides is 1. The number of carbonyl (C=O) groups is 1. The molecule has 1 aromatic rings. The molecule has 1 aliphatic heterocycles. The normalized spacial score (nSPS) is 17.7. The Kier molecular flexibility index (Phi) is 5.80. The van der Waals surface area contributed by atoms with Crippen molar-refractivity contribution in [2.75, 3.05) is 13.2 Å². The lowest BCUT2D eigenvalue weighted by molar-refractivity contribution is -0.129. The van der Waals surface area contributed by atoms with E-state index in [2.05, 4.69) is 50.4 Å². The third-order valence-electron chi connectivity index (χ3n) is 4.30. The minimum absolute atomic E-state index is 0.0891. The highest BCUT2D eigenvalue weighted by Crippen LogP contribution is 2.24. The summed E-state index contributed by atoms with van der Waals surface area (Å²) in [6, 6.07) is 8.70. The summed E-state index contributed by atoms with van der Waals surface area (Å²) < 4.78 is 5.33. The molecule has 2 rings (SSSR count). The average molecular weight is 289 g/mol. The molecule has 3 nitrogen and oxygen atoms in total. The second-order valence-electron chi connectivity index (χ2n) is 6.21. The summed E-state index contributed by atoms with van der Waals surface area (Å²) in [4.78, 5) is 12.4. The quantitative estimate of drug-likeness (QED) is 0.901. The van der Waals surface area contributed by atoms with E-state index in [4.69, 9.17) is 4.74 Å². The number of hydrogen-bond donors (Lipinski definition) is 1. The van der Waals surface area contributed by atoms with Crippen molar-refractivity contribution in [3.63, 3.8) is 0 Å². The maximum atomic E-state index is 12.4. The Bertz CT molecular complexity index is 447. The summed E-state index contributed by atoms with van der Waals surface area (Å²) >= 11 is 0. The Labute approximate surface area is 128 Å². The van der Waals surface area contributed by atoms with Gasteiger partial charge in [-0.15, -0.1) is 0 Å². The van der Waals surface area contributed by atoms with Crippen LogP contribution in [-0.2, 0) is 16.0 Å². The zero-order valence-electron chi connectivity index (χ0n) is 13.4. The van der Waals surface area contributed by atoms with Crippen molar-refractivity contribution in [2.45, 2.75) is 46.1 Å². The zero-order valence-corrected chi connectivity index (χ0v) is 13.4. The van der Waals surface area contributed by atoms with Gasteiger partial charge in [0, 0.05) is 19.1 Å². The van der Waals surface area contributed by atoms with E-state index in [-0.39, 0.29) is 17.9 Å². The molecule has 0 aliphatic carbocycles. The fourth-order valence-corrected chi connectivity index (χ4v) is 2.83. The number of aryl methyl sites for hydroxylation is 1. The lowest BCUT2D eigenvalue weighted by atomic mass is 9.93. The molecule has 1 amide bonds. The van der Waals surface area contributed by atoms with E-state index < -0.39 is 0 Å². The Hall–Kier alpha value is -1.35. The fraction of sp³-hybridized carbons (Fsp3) is 0.611. The van der Waals surface area contributed by atoms with Crippen LogP contribution in [-0.4, -0.2) is 19.1 Å². The molecule has 0 saturated carbocycles. The Balaban J connectivity index is 2.05. The van der Waals surface area contributed by atoms with Crippen molar-refractivity contribution in [1.82, 2.24) is 5.32 Å². The SMILES string of the molecule is CCc1ccc([C@@H](NC(=O)C2CCOCC2)C(C)C)cc1. The molecule has 1 fully saturated rings. The first kappa shape index (κ1) is 16.0. The monoisotopic (exact) mass is 289 g/mol. The lowest BCUT2D eigenvalue weighted by Crippen LogP contribution is -2.38. The molecule has 1 saturated heterocycles. The number of rotatable bonds is 5. The largest absolute Gasteiger partial charge is 0.381 e. The van der Waals surface area contributed by atoms with Gasteiger partial charge in [-0.1, -0.05) is 45.0 Å². The molecule has 0 bridgehead atoms. The molecule has 21 heavy (non-hydrogen) atoms. The minimum Gasteiger partial charge on any atom is -0.381 e. The number of benzene rings is 1. The third kappa shape index (κ3) is 4.31. The summed E-state index contributed by atoms with van der Waals surface area (Å²) in [7, 11) is 0. The number of ether oxygens (including phenoxy) is 1. The minimum atomic E-state index is 0.0891. The standard InChI is InChI=1S/C18H27NO2/c1-4-14-5-7-15(8-6-14)17(13(2)3)19-18(20)16-9-11-21-12-10-16/h5-8,13,16-17H,4,9-12H2,1-3H3,(H,19,20)/t17-/m0/s1. The third-order valence-corrected chi connectivity index (χ3v) is 4.30. The molecule has 1 N–H and O–H groups in total. The first-order chi connectivity index (χ1) is 10.1. The summed E-state index contributed by atoms with van der Waals surface area (Å²) in [5.41, 5.74) is 2.53. The molecule has 0 aromatic heterocycles. The topological polar surface area (TPSA) is 38.3 Å². The predicted octanol–water partition coefficient (Wildman–Crippen LogP) is 3.49. The molecular weight excluding hydrogens is 262 g/mol. The average Bonchev–Trinajstić information content (AvgIpc) is 2.53. The molecule has 1 atom stereocenters. The van der Waals surface area contributed by atoms with Crippen molar-refractivity contribution in [2.24, 2.45) is 11.8 Å². The number of hydrogen-bond acceptors (Lipinski definition) is 2. The van der Waals surface area contributed by atoms with Gasteiger partial charge in [-0.25, -0.2) is 0 Å². The van der Waals surface area contributed by atoms with Crippen molar-refractivity contribution in [3.8, 4) is 0 Å². The van der Waals surface area contributed by atoms with Crippen molar-refractivity contribution in [3.05, 3.63) is 35.4 Å². The molecule has 0 unspecified atom stereocenters. The summed E-state index contributed by atoms with van der Waals surface area (Å²) in [6.45, 7) is 7.87. The van der Waals surface area contributed by atoms with E-state index in [9.17, 15) is 4.79 Å². The van der Waals surface area contributed by atoms with Crippen molar-refractivity contribution in [1.29, 1.82) is 0 Å². The molecule has 0 spiro atoms. The first-order valence-corrected chi connectivity index (χ1v) is 8.08. The van der Waals surface area contributed by atoms with Crippen LogP contribution in [0.5, 0.6) is 0 Å². The van der Waals surface area contributed by atoms with Gasteiger partial charge in [0.05, 0.1) is 6.04 Å². The maximum absolute atomic E-state index is 12.4. The molecule has 1 heterocycles. The molecule has 116 valence electrons. The summed E-state index contributed by atoms with van der Waals surface area (Å²) in [5.74, 6) is 0.660. The molecule has 1 aromatic carbocycles. The van der Waals surface area contributed by atoms with Crippen LogP contribution in [0.1, 0.15) is 50.8 Å². The van der Waals surface area contributed by atoms with Gasteiger partial charge in [-0.3, -0.25) is 4.79 Å². The van der Waals surface area contributed by atoms with Gasteiger partial charge in [-0.05, 0) is 36.3 Å². The van der Waals surface area contributed by atoms with Gasteiger partial charge < -0.3 is 10.1 Å². The van der Waals surface area contributed by atoms with Crippen LogP contribution in [0.4, 0.5) is 0 Å². The maximum Gasteiger partial charge on any atom is 0.223 e. The second-order valence-corrected chi connectivity index (χ2v) is 6.21. The molecular formula is C18H27NO2. The van der Waals surface area contributed by atoms with Gasteiger partial charge in [0.2, 0.25) is 5.91 Å². The van der Waals surface area contributed by atoms with E-state index in [1.165, 1.54) is 11.1 Å². The number of carbonyl (C=O) groups excluding carboxylic acids is 1. The van der Waals surface area contributed by atoms with Gasteiger partial charge in [-0.2, -0.15) is 0 Å². The highest BCUT2D eigenvalue weighted by molar-refractivity contribution is 5.79. The van der Waals surface area contributed by atoms with Crippen LogP contribution in [0.3, 0.4) is 0 Å². The Morgan fingerprint density at radius 2 is 1.86 bits per heavy atom. The highest BCUT2D eigenvalue weighted by atomic mass is 16.5. The molecule has 3 heteroatoms. The van der Waals surface area contributed by atoms with Crippen LogP contribution < -0.4 is 5.32 Å². The van der Waals surface area contributed by atoms with Gasteiger partial charge >= 0.3 is 0 Å². The van der Waals surface area contributed by atoms with E-state index in [1.807, 2.05) is 0 Å². The van der Waals surface area contributed by atoms with E-state index in [0.29, 0.717) is 19.1 Å². The van der Waals surface area contributed by atoms with Crippen LogP contribution in [0.2, 0.25) is 0 Å². The lowest BCUT2D eigenvalue weighted by Gasteiger charge is -2.27. The predicted molar refractivity (Wildman–Crippen MR) is 85.1 cm³/mol. The van der Waals surface area contributed by atoms with Gasteiger partial charge in [0.15, 0.2) is 0 Å². The summed E-state index contributed by atoms with van der Waals surface area (Å²) in [6.07, 6.45) is 2.72. The van der Waals surface area contributed by atoms with Crippen LogP contribution in [0.15, 0.2) is 24.3 Å². The second kappa shape index (κ2) is 7.60. The summed E-state index contributed by atoms with van der Waals surface area (Å²) in [5, 5.41) is 3.25. The Morgan fingerprint density at radius 1 is 1.24 bits per heavy atom. The Morgan fingerprint density at radius 3 is 2.38 bits per heavy atom. The van der Waals surface area contributed by atoms with E-state index in [1.54, 1.807) is 0 Å². The van der Waals surface area contributed by atoms with Crippen LogP contribution in [0, 0.1) is 11.8 Å². The van der Waals surface area contributed by atoms with Crippen molar-refractivity contribution < 1.29 is 9.53 Å². The van der Waals surface area contributed by atoms with Gasteiger partial charge in [0.25, 0.3) is 0 Å². The van der Waals surface area contributed by atoms with Crippen molar-refractivity contribution >= 4 is 5.91 Å². The van der Waals surface area contributed by atoms with Gasteiger partial charge in [0.1, 0.15) is 0 Å². The zero-order chi connectivity index (χ0) is 15.2. The molecule has 0 radical (unpaired) electrons. The van der Waals surface area contributed by atoms with E-state index >= 15 is 0 Å². The first-order valence-electron chi connectivity index (χ1n) is 8.08.